The minimum atomic E-state index is -0.878. The molecule has 0 aromatic heterocycles. The Hall–Kier alpha value is -3.48. The number of rotatable bonds is 3. The van der Waals surface area contributed by atoms with Gasteiger partial charge in [0.2, 0.25) is 11.8 Å². The number of methoxy groups -OCH3 is 1. The van der Waals surface area contributed by atoms with Gasteiger partial charge in [-0.1, -0.05) is 44.2 Å². The number of carbonyl (C=O) groups excluding carboxylic acids is 4. The Bertz CT molecular complexity index is 1120. The monoisotopic (exact) mass is 464 g/mol. The lowest BCUT2D eigenvalue weighted by molar-refractivity contribution is -0.145. The molecule has 7 heteroatoms. The fourth-order valence-corrected chi connectivity index (χ4v) is 4.21. The molecule has 0 radical (unpaired) electrons. The summed E-state index contributed by atoms with van der Waals surface area (Å²) in [5.41, 5.74) is 5.51. The van der Waals surface area contributed by atoms with Gasteiger partial charge < -0.3 is 15.4 Å². The summed E-state index contributed by atoms with van der Waals surface area (Å²) in [6.45, 7) is 7.35. The maximum absolute atomic E-state index is 13.3. The predicted octanol–water partition coefficient (Wildman–Crippen LogP) is 3.35. The van der Waals surface area contributed by atoms with Crippen LogP contribution in [0.2, 0.25) is 0 Å². The summed E-state index contributed by atoms with van der Waals surface area (Å²) in [6, 6.07) is 9.89. The van der Waals surface area contributed by atoms with Gasteiger partial charge in [-0.05, 0) is 53.3 Å². The van der Waals surface area contributed by atoms with E-state index in [9.17, 15) is 19.2 Å². The molecule has 0 unspecified atom stereocenters. The summed E-state index contributed by atoms with van der Waals surface area (Å²) in [6.07, 6.45) is 0.419. The maximum Gasteiger partial charge on any atom is 0.328 e. The lowest BCUT2D eigenvalue weighted by Crippen LogP contribution is -2.45. The first-order valence-electron chi connectivity index (χ1n) is 11.5. The highest BCUT2D eigenvalue weighted by Crippen LogP contribution is 2.32. The fourth-order valence-electron chi connectivity index (χ4n) is 4.21. The Morgan fingerprint density at radius 3 is 2.32 bits per heavy atom. The minimum absolute atomic E-state index is 0.0814. The summed E-state index contributed by atoms with van der Waals surface area (Å²) in [7, 11) is 1.28. The van der Waals surface area contributed by atoms with E-state index in [4.69, 9.17) is 4.74 Å². The first-order chi connectivity index (χ1) is 16.1. The number of hydrogen-bond acceptors (Lipinski definition) is 5. The van der Waals surface area contributed by atoms with Crippen LogP contribution in [0.4, 0.5) is 0 Å². The zero-order valence-corrected chi connectivity index (χ0v) is 20.4. The van der Waals surface area contributed by atoms with E-state index in [0.29, 0.717) is 5.56 Å². The molecular weight excluding hydrogens is 432 g/mol. The van der Waals surface area contributed by atoms with Crippen LogP contribution < -0.4 is 10.6 Å². The van der Waals surface area contributed by atoms with Crippen molar-refractivity contribution in [3.05, 3.63) is 58.7 Å². The number of esters is 1. The molecule has 2 N–H and O–H groups in total. The largest absolute Gasteiger partial charge is 0.467 e. The number of nitrogens with one attached hydrogen (secondary N) is 2. The molecule has 0 spiro atoms. The molecule has 2 aromatic carbocycles. The van der Waals surface area contributed by atoms with E-state index in [-0.39, 0.29) is 31.0 Å². The van der Waals surface area contributed by atoms with Crippen LogP contribution in [0, 0.1) is 19.8 Å². The molecule has 2 amide bonds. The Morgan fingerprint density at radius 1 is 1.03 bits per heavy atom. The molecule has 3 rings (SSSR count). The number of aryl methyl sites for hydroxylation is 2. The van der Waals surface area contributed by atoms with E-state index in [0.717, 1.165) is 27.8 Å². The van der Waals surface area contributed by atoms with Crippen molar-refractivity contribution >= 4 is 23.6 Å². The van der Waals surface area contributed by atoms with Gasteiger partial charge >= 0.3 is 5.97 Å². The lowest BCUT2D eigenvalue weighted by atomic mass is 9.88. The standard InChI is InChI=1S/C27H32N2O5/c1-6-24(31)29-25-19-10-8-16(3)21(14-19)20-12-18(9-7-15(20)2)13-22(27(33)34-5)28-26(32)17(4)11-23(25)30/h7-10,12,14,17,22,25H,6,11,13H2,1-5H3,(H,28,32)(H,29,31)/t17-,22+,25+/m1/s1. The second kappa shape index (κ2) is 10.6. The molecule has 1 aliphatic heterocycles. The van der Waals surface area contributed by atoms with Crippen LogP contribution in [0.25, 0.3) is 11.1 Å². The number of Topliss-reactive ketones (excluding diaryl/α,β-unsaturated/α-hetero) is 1. The fraction of sp³-hybridized carbons (Fsp3) is 0.407. The first kappa shape index (κ1) is 25.1. The van der Waals surface area contributed by atoms with Crippen LogP contribution in [0.1, 0.15) is 55.0 Å². The smallest absolute Gasteiger partial charge is 0.328 e. The second-order valence-corrected chi connectivity index (χ2v) is 8.94. The highest BCUT2D eigenvalue weighted by molar-refractivity contribution is 5.94. The third kappa shape index (κ3) is 5.53. The molecule has 4 bridgehead atoms. The van der Waals surface area contributed by atoms with Gasteiger partial charge in [-0.2, -0.15) is 0 Å². The number of benzene rings is 2. The topological polar surface area (TPSA) is 102 Å². The summed E-state index contributed by atoms with van der Waals surface area (Å²) in [5, 5.41) is 5.57. The summed E-state index contributed by atoms with van der Waals surface area (Å²) in [4.78, 5) is 50.9. The zero-order chi connectivity index (χ0) is 25.0. The summed E-state index contributed by atoms with van der Waals surface area (Å²) >= 11 is 0. The molecule has 0 aliphatic carbocycles. The van der Waals surface area contributed by atoms with Gasteiger partial charge in [0, 0.05) is 25.2 Å². The number of ketones is 1. The van der Waals surface area contributed by atoms with Gasteiger partial charge in [0.1, 0.15) is 12.1 Å². The van der Waals surface area contributed by atoms with E-state index in [1.807, 2.05) is 50.2 Å². The van der Waals surface area contributed by atoms with Crippen LogP contribution >= 0.6 is 0 Å². The molecular formula is C27H32N2O5. The van der Waals surface area contributed by atoms with Crippen molar-refractivity contribution in [3.63, 3.8) is 0 Å². The van der Waals surface area contributed by atoms with Crippen LogP contribution in [0.3, 0.4) is 0 Å². The molecule has 0 saturated heterocycles. The van der Waals surface area contributed by atoms with E-state index >= 15 is 0 Å². The molecule has 34 heavy (non-hydrogen) atoms. The van der Waals surface area contributed by atoms with Crippen molar-refractivity contribution in [2.24, 2.45) is 5.92 Å². The van der Waals surface area contributed by atoms with Crippen LogP contribution in [-0.4, -0.2) is 36.7 Å². The van der Waals surface area contributed by atoms with Crippen molar-refractivity contribution in [1.29, 1.82) is 0 Å². The average molecular weight is 465 g/mol. The molecule has 0 saturated carbocycles. The van der Waals surface area contributed by atoms with Gasteiger partial charge in [-0.15, -0.1) is 0 Å². The van der Waals surface area contributed by atoms with Crippen molar-refractivity contribution in [1.82, 2.24) is 10.6 Å². The Morgan fingerprint density at radius 2 is 1.68 bits per heavy atom. The van der Waals surface area contributed by atoms with E-state index in [2.05, 4.69) is 10.6 Å². The second-order valence-electron chi connectivity index (χ2n) is 8.94. The van der Waals surface area contributed by atoms with Gasteiger partial charge in [0.15, 0.2) is 5.78 Å². The number of hydrogen-bond donors (Lipinski definition) is 2. The van der Waals surface area contributed by atoms with Crippen molar-refractivity contribution in [3.8, 4) is 11.1 Å². The molecule has 0 fully saturated rings. The summed E-state index contributed by atoms with van der Waals surface area (Å²) < 4.78 is 4.92. The Balaban J connectivity index is 2.19. The SMILES string of the molecule is CCC(=O)N[C@@H]1C(=O)C[C@@H](C)C(=O)N[C@H](C(=O)OC)Cc2ccc(C)c(c2)-c2cc1ccc2C. The van der Waals surface area contributed by atoms with Crippen LogP contribution in [0.5, 0.6) is 0 Å². The van der Waals surface area contributed by atoms with Crippen molar-refractivity contribution in [2.75, 3.05) is 7.11 Å². The van der Waals surface area contributed by atoms with E-state index < -0.39 is 29.9 Å². The third-order valence-corrected chi connectivity index (χ3v) is 6.33. The molecule has 180 valence electrons. The van der Waals surface area contributed by atoms with Crippen LogP contribution in [0.15, 0.2) is 36.4 Å². The number of amides is 2. The highest BCUT2D eigenvalue weighted by atomic mass is 16.5. The Kier molecular flexibility index (Phi) is 7.87. The average Bonchev–Trinajstić information content (AvgIpc) is 2.82. The number of carbonyl (C=O) groups is 4. The zero-order valence-electron chi connectivity index (χ0n) is 20.4. The molecule has 2 aromatic rings. The van der Waals surface area contributed by atoms with E-state index in [1.165, 1.54) is 7.11 Å². The van der Waals surface area contributed by atoms with Crippen molar-refractivity contribution in [2.45, 2.75) is 59.0 Å². The summed E-state index contributed by atoms with van der Waals surface area (Å²) in [5.74, 6) is -2.17. The van der Waals surface area contributed by atoms with Gasteiger partial charge in [-0.25, -0.2) is 4.79 Å². The van der Waals surface area contributed by atoms with Crippen molar-refractivity contribution < 1.29 is 23.9 Å². The first-order valence-corrected chi connectivity index (χ1v) is 11.5. The third-order valence-electron chi connectivity index (χ3n) is 6.33. The quantitative estimate of drug-likeness (QED) is 0.679. The van der Waals surface area contributed by atoms with Gasteiger partial charge in [0.25, 0.3) is 0 Å². The minimum Gasteiger partial charge on any atom is -0.467 e. The Labute approximate surface area is 200 Å². The molecule has 7 nitrogen and oxygen atoms in total. The van der Waals surface area contributed by atoms with E-state index in [1.54, 1.807) is 13.8 Å². The maximum atomic E-state index is 13.3. The normalized spacial score (nSPS) is 20.7. The number of fused-ring (bicyclic) bond motifs is 5. The highest BCUT2D eigenvalue weighted by Gasteiger charge is 2.30. The van der Waals surface area contributed by atoms with Gasteiger partial charge in [-0.3, -0.25) is 14.4 Å². The molecule has 1 heterocycles. The van der Waals surface area contributed by atoms with Gasteiger partial charge in [0.05, 0.1) is 7.11 Å². The predicted molar refractivity (Wildman–Crippen MR) is 129 cm³/mol. The lowest BCUT2D eigenvalue weighted by Gasteiger charge is -2.24. The molecule has 3 atom stereocenters. The van der Waals surface area contributed by atoms with Crippen LogP contribution in [-0.2, 0) is 30.3 Å². The molecule has 1 aliphatic rings. The number of ether oxygens (including phenoxy) is 1.